The van der Waals surface area contributed by atoms with E-state index in [2.05, 4.69) is 0 Å². The molecule has 1 aliphatic rings. The summed E-state index contributed by atoms with van der Waals surface area (Å²) in [5.74, 6) is -0.952. The normalized spacial score (nSPS) is 15.0. The molecule has 1 aromatic carbocycles. The molecule has 0 saturated carbocycles. The topological polar surface area (TPSA) is 54.4 Å². The Morgan fingerprint density at radius 3 is 2.86 bits per heavy atom. The molecule has 0 amide bonds. The highest BCUT2D eigenvalue weighted by atomic mass is 32.2. The second kappa shape index (κ2) is 3.46. The molecule has 0 radical (unpaired) electrons. The zero-order valence-corrected chi connectivity index (χ0v) is 8.13. The SMILES string of the molecule is O=C1CCc2ccc(C(=O)O)cc2S1. The van der Waals surface area contributed by atoms with Crippen LogP contribution in [0.2, 0.25) is 0 Å². The summed E-state index contributed by atoms with van der Waals surface area (Å²) >= 11 is 1.14. The van der Waals surface area contributed by atoms with Gasteiger partial charge in [0.2, 0.25) is 0 Å². The predicted octanol–water partition coefficient (Wildman–Crippen LogP) is 1.95. The van der Waals surface area contributed by atoms with Crippen molar-refractivity contribution in [1.29, 1.82) is 0 Å². The number of carbonyl (C=O) groups excluding carboxylic acids is 1. The fourth-order valence-corrected chi connectivity index (χ4v) is 2.34. The first kappa shape index (κ1) is 9.27. The molecule has 1 heterocycles. The first-order valence-electron chi connectivity index (χ1n) is 4.24. The van der Waals surface area contributed by atoms with E-state index < -0.39 is 5.97 Å². The summed E-state index contributed by atoms with van der Waals surface area (Å²) in [5.41, 5.74) is 1.31. The molecular weight excluding hydrogens is 200 g/mol. The van der Waals surface area contributed by atoms with E-state index in [0.717, 1.165) is 28.6 Å². The van der Waals surface area contributed by atoms with Crippen molar-refractivity contribution in [3.8, 4) is 0 Å². The smallest absolute Gasteiger partial charge is 0.335 e. The van der Waals surface area contributed by atoms with Gasteiger partial charge in [0.05, 0.1) is 5.56 Å². The molecule has 1 aromatic rings. The second-order valence-corrected chi connectivity index (χ2v) is 4.20. The zero-order chi connectivity index (χ0) is 10.1. The van der Waals surface area contributed by atoms with Crippen molar-refractivity contribution in [3.05, 3.63) is 29.3 Å². The molecule has 0 spiro atoms. The van der Waals surface area contributed by atoms with Crippen molar-refractivity contribution in [2.24, 2.45) is 0 Å². The number of thioether (sulfide) groups is 1. The largest absolute Gasteiger partial charge is 0.478 e. The molecule has 1 aliphatic heterocycles. The predicted molar refractivity (Wildman–Crippen MR) is 52.6 cm³/mol. The lowest BCUT2D eigenvalue weighted by molar-refractivity contribution is -0.111. The fraction of sp³-hybridized carbons (Fsp3) is 0.200. The van der Waals surface area contributed by atoms with Gasteiger partial charge in [0.1, 0.15) is 0 Å². The van der Waals surface area contributed by atoms with E-state index in [1.54, 1.807) is 18.2 Å². The van der Waals surface area contributed by atoms with E-state index in [0.29, 0.717) is 6.42 Å². The quantitative estimate of drug-likeness (QED) is 0.766. The van der Waals surface area contributed by atoms with Gasteiger partial charge in [0.15, 0.2) is 5.12 Å². The van der Waals surface area contributed by atoms with Gasteiger partial charge in [-0.3, -0.25) is 4.79 Å². The maximum atomic E-state index is 11.1. The van der Waals surface area contributed by atoms with Crippen molar-refractivity contribution in [2.75, 3.05) is 0 Å². The fourth-order valence-electron chi connectivity index (χ4n) is 1.40. The number of aryl methyl sites for hydroxylation is 1. The maximum absolute atomic E-state index is 11.1. The van der Waals surface area contributed by atoms with Gasteiger partial charge < -0.3 is 5.11 Å². The summed E-state index contributed by atoms with van der Waals surface area (Å²) in [4.78, 5) is 22.6. The van der Waals surface area contributed by atoms with E-state index in [1.807, 2.05) is 0 Å². The molecule has 0 aliphatic carbocycles. The van der Waals surface area contributed by atoms with Crippen molar-refractivity contribution >= 4 is 22.8 Å². The summed E-state index contributed by atoms with van der Waals surface area (Å²) in [5, 5.41) is 8.87. The zero-order valence-electron chi connectivity index (χ0n) is 7.32. The second-order valence-electron chi connectivity index (χ2n) is 3.10. The Kier molecular flexibility index (Phi) is 2.29. The summed E-state index contributed by atoms with van der Waals surface area (Å²) in [6.45, 7) is 0. The Bertz CT molecular complexity index is 412. The molecule has 2 rings (SSSR count). The highest BCUT2D eigenvalue weighted by Gasteiger charge is 2.17. The van der Waals surface area contributed by atoms with Crippen LogP contribution in [0.15, 0.2) is 23.1 Å². The Morgan fingerprint density at radius 1 is 1.36 bits per heavy atom. The Balaban J connectivity index is 2.42. The molecule has 0 bridgehead atoms. The molecule has 0 saturated heterocycles. The lowest BCUT2D eigenvalue weighted by Crippen LogP contribution is -2.06. The highest BCUT2D eigenvalue weighted by Crippen LogP contribution is 2.31. The van der Waals surface area contributed by atoms with Crippen LogP contribution in [-0.2, 0) is 11.2 Å². The number of hydrogen-bond donors (Lipinski definition) is 1. The van der Waals surface area contributed by atoms with E-state index in [-0.39, 0.29) is 10.7 Å². The number of carboxylic acid groups (broad SMARTS) is 1. The molecular formula is C10H8O3S. The van der Waals surface area contributed by atoms with Gasteiger partial charge in [-0.05, 0) is 24.1 Å². The van der Waals surface area contributed by atoms with Gasteiger partial charge in [-0.25, -0.2) is 4.79 Å². The number of fused-ring (bicyclic) bond motifs is 1. The summed E-state index contributed by atoms with van der Waals surface area (Å²) < 4.78 is 0. The molecule has 0 aromatic heterocycles. The molecule has 72 valence electrons. The first-order valence-corrected chi connectivity index (χ1v) is 5.05. The molecule has 0 unspecified atom stereocenters. The number of carboxylic acids is 1. The van der Waals surface area contributed by atoms with Crippen LogP contribution in [0.4, 0.5) is 0 Å². The van der Waals surface area contributed by atoms with Crippen LogP contribution in [0.5, 0.6) is 0 Å². The number of hydrogen-bond acceptors (Lipinski definition) is 3. The summed E-state index contributed by atoms with van der Waals surface area (Å²) in [6.07, 6.45) is 1.27. The lowest BCUT2D eigenvalue weighted by atomic mass is 10.1. The van der Waals surface area contributed by atoms with E-state index in [9.17, 15) is 9.59 Å². The average molecular weight is 208 g/mol. The van der Waals surface area contributed by atoms with Crippen LogP contribution in [0.25, 0.3) is 0 Å². The van der Waals surface area contributed by atoms with E-state index in [4.69, 9.17) is 5.11 Å². The van der Waals surface area contributed by atoms with Gasteiger partial charge in [0.25, 0.3) is 0 Å². The first-order chi connectivity index (χ1) is 6.66. The number of carbonyl (C=O) groups is 2. The van der Waals surface area contributed by atoms with Gasteiger partial charge in [0, 0.05) is 11.3 Å². The lowest BCUT2D eigenvalue weighted by Gasteiger charge is -2.13. The summed E-state index contributed by atoms with van der Waals surface area (Å²) in [6, 6.07) is 4.94. The molecule has 4 heteroatoms. The number of benzene rings is 1. The molecule has 14 heavy (non-hydrogen) atoms. The van der Waals surface area contributed by atoms with Crippen LogP contribution in [0, 0.1) is 0 Å². The van der Waals surface area contributed by atoms with Crippen LogP contribution in [0.1, 0.15) is 22.3 Å². The number of rotatable bonds is 1. The monoisotopic (exact) mass is 208 g/mol. The van der Waals surface area contributed by atoms with Crippen LogP contribution in [0.3, 0.4) is 0 Å². The van der Waals surface area contributed by atoms with Gasteiger partial charge >= 0.3 is 5.97 Å². The third-order valence-corrected chi connectivity index (χ3v) is 3.17. The van der Waals surface area contributed by atoms with Crippen molar-refractivity contribution in [1.82, 2.24) is 0 Å². The van der Waals surface area contributed by atoms with Crippen molar-refractivity contribution < 1.29 is 14.7 Å². The highest BCUT2D eigenvalue weighted by molar-refractivity contribution is 8.13. The van der Waals surface area contributed by atoms with Crippen LogP contribution >= 0.6 is 11.8 Å². The Morgan fingerprint density at radius 2 is 2.14 bits per heavy atom. The summed E-state index contributed by atoms with van der Waals surface area (Å²) in [7, 11) is 0. The minimum Gasteiger partial charge on any atom is -0.478 e. The van der Waals surface area contributed by atoms with Crippen molar-refractivity contribution in [3.63, 3.8) is 0 Å². The Labute approximate surface area is 85.1 Å². The average Bonchev–Trinajstić information content (AvgIpc) is 2.16. The van der Waals surface area contributed by atoms with Gasteiger partial charge in [-0.15, -0.1) is 0 Å². The third-order valence-electron chi connectivity index (χ3n) is 2.14. The minimum absolute atomic E-state index is 0.111. The molecule has 0 atom stereocenters. The third kappa shape index (κ3) is 1.65. The molecule has 1 N–H and O–H groups in total. The minimum atomic E-state index is -0.952. The number of aromatic carboxylic acids is 1. The maximum Gasteiger partial charge on any atom is 0.335 e. The van der Waals surface area contributed by atoms with Crippen molar-refractivity contribution in [2.45, 2.75) is 17.7 Å². The molecule has 3 nitrogen and oxygen atoms in total. The Hall–Kier alpha value is -1.29. The molecule has 0 fully saturated rings. The van der Waals surface area contributed by atoms with Crippen LogP contribution in [-0.4, -0.2) is 16.2 Å². The standard InChI is InChI=1S/C10H8O3S/c11-9-4-3-6-1-2-7(10(12)13)5-8(6)14-9/h1-2,5H,3-4H2,(H,12,13). The van der Waals surface area contributed by atoms with E-state index in [1.165, 1.54) is 0 Å². The van der Waals surface area contributed by atoms with Crippen LogP contribution < -0.4 is 0 Å². The van der Waals surface area contributed by atoms with E-state index >= 15 is 0 Å². The van der Waals surface area contributed by atoms with Gasteiger partial charge in [-0.2, -0.15) is 0 Å². The van der Waals surface area contributed by atoms with Gasteiger partial charge in [-0.1, -0.05) is 17.8 Å².